The number of anilines is 1. The lowest BCUT2D eigenvalue weighted by Crippen LogP contribution is -2.13. The van der Waals surface area contributed by atoms with E-state index in [2.05, 4.69) is 49.8 Å². The predicted molar refractivity (Wildman–Crippen MR) is 298 cm³/mol. The summed E-state index contributed by atoms with van der Waals surface area (Å²) in [4.78, 5) is 42.9. The van der Waals surface area contributed by atoms with Crippen LogP contribution in [0.5, 0.6) is 17.4 Å². The molecule has 1 aliphatic heterocycles. The van der Waals surface area contributed by atoms with E-state index in [1.165, 1.54) is 0 Å². The molecule has 0 aliphatic carbocycles. The first-order valence-corrected chi connectivity index (χ1v) is 27.5. The molecule has 7 aromatic heterocycles. The van der Waals surface area contributed by atoms with E-state index in [-0.39, 0.29) is 18.9 Å². The van der Waals surface area contributed by atoms with Crippen molar-refractivity contribution in [2.24, 2.45) is 4.99 Å². The van der Waals surface area contributed by atoms with Gasteiger partial charge in [-0.05, 0) is 82.1 Å². The first-order valence-electron chi connectivity index (χ1n) is 23.6. The minimum atomic E-state index is -1.37. The molecule has 3 atom stereocenters. The predicted octanol–water partition coefficient (Wildman–Crippen LogP) is 8.55. The molecule has 10 rings (SSSR count). The molecule has 9 aromatic rings. The highest BCUT2D eigenvalue weighted by molar-refractivity contribution is 7.84. The van der Waals surface area contributed by atoms with Crippen LogP contribution in [-0.4, -0.2) is 117 Å². The summed E-state index contributed by atoms with van der Waals surface area (Å²) in [6.07, 6.45) is 10.5. The number of benzene rings is 2. The van der Waals surface area contributed by atoms with E-state index >= 15 is 0 Å². The number of para-hydroxylation sites is 1. The van der Waals surface area contributed by atoms with Crippen LogP contribution in [0.25, 0.3) is 27.9 Å². The topological polar surface area (TPSA) is 230 Å². The molecule has 0 bridgehead atoms. The Balaban J connectivity index is 0.000000165. The average molecular weight is 1090 g/mol. The Bertz CT molecular complexity index is 3610. The minimum absolute atomic E-state index is 0. The summed E-state index contributed by atoms with van der Waals surface area (Å²) in [5.41, 5.74) is 12.9. The zero-order chi connectivity index (χ0) is 53.3. The number of methoxy groups -OCH3 is 3. The zero-order valence-electron chi connectivity index (χ0n) is 43.3. The molecule has 2 N–H and O–H groups in total. The second-order valence-electron chi connectivity index (χ2n) is 17.4. The number of pyridine rings is 4. The van der Waals surface area contributed by atoms with Gasteiger partial charge in [0.2, 0.25) is 16.9 Å². The summed E-state index contributed by atoms with van der Waals surface area (Å²) in [7, 11) is 4.80. The molecule has 0 saturated carbocycles. The molecule has 398 valence electrons. The fourth-order valence-corrected chi connectivity index (χ4v) is 11.7. The number of rotatable bonds is 15. The molecular formula is C54H62N12O7S3. The van der Waals surface area contributed by atoms with Gasteiger partial charge in [-0.3, -0.25) is 32.1 Å². The fraction of sp³-hybridized carbons (Fsp3) is 0.296. The van der Waals surface area contributed by atoms with E-state index in [1.807, 2.05) is 113 Å². The maximum atomic E-state index is 12.9. The van der Waals surface area contributed by atoms with Crippen molar-refractivity contribution in [2.45, 2.75) is 74.8 Å². The Morgan fingerprint density at radius 3 is 1.96 bits per heavy atom. The third-order valence-corrected chi connectivity index (χ3v) is 15.7. The van der Waals surface area contributed by atoms with Crippen LogP contribution in [-0.2, 0) is 54.4 Å². The molecular weight excluding hydrogens is 1020 g/mol. The number of aryl methyl sites for hydroxylation is 3. The summed E-state index contributed by atoms with van der Waals surface area (Å²) in [6, 6.07) is 19.2. The van der Waals surface area contributed by atoms with Crippen molar-refractivity contribution in [3.8, 4) is 23.1 Å². The van der Waals surface area contributed by atoms with Gasteiger partial charge in [0, 0.05) is 84.7 Å². The number of H-pyrrole nitrogens is 2. The first kappa shape index (κ1) is 56.0. The monoisotopic (exact) mass is 1090 g/mol. The van der Waals surface area contributed by atoms with Crippen LogP contribution in [0.15, 0.2) is 118 Å². The van der Waals surface area contributed by atoms with Crippen LogP contribution in [0.2, 0.25) is 0 Å². The third kappa shape index (κ3) is 12.7. The number of ether oxygens (including phenoxy) is 4. The second kappa shape index (κ2) is 25.2. The minimum Gasteiger partial charge on any atom is -0.496 e. The van der Waals surface area contributed by atoms with E-state index < -0.39 is 32.4 Å². The Labute approximate surface area is 449 Å². The largest absolute Gasteiger partial charge is 0.496 e. The molecule has 0 radical (unpaired) electrons. The number of imidazole rings is 3. The van der Waals surface area contributed by atoms with E-state index in [4.69, 9.17) is 18.9 Å². The Morgan fingerprint density at radius 1 is 0.684 bits per heavy atom. The smallest absolute Gasteiger partial charge is 0.216 e. The van der Waals surface area contributed by atoms with Crippen LogP contribution in [0, 0.1) is 34.6 Å². The van der Waals surface area contributed by atoms with Gasteiger partial charge < -0.3 is 33.8 Å². The summed E-state index contributed by atoms with van der Waals surface area (Å²) in [5, 5.41) is 1.34. The molecule has 2 aromatic carbocycles. The SMILES string of the molecule is C.COc1c(C)cnc(CS(=O)c2nc3ccc(C4=NCCO4)cc3[nH]2)c1C.COc1ccc2[nH]c(S(=O)Cc3ncc(C)c(OC)c3C)nc2n1.Cc1ccncc1-n1ccnc1S(=O)Cc1ccccc1N(C)C. The number of aliphatic imine (C=N–C) groups is 1. The van der Waals surface area contributed by atoms with Crippen molar-refractivity contribution < 1.29 is 31.6 Å². The normalized spacial score (nSPS) is 13.0. The van der Waals surface area contributed by atoms with Gasteiger partial charge in [-0.2, -0.15) is 4.98 Å². The van der Waals surface area contributed by atoms with E-state index in [0.717, 1.165) is 84.2 Å². The molecule has 8 heterocycles. The lowest BCUT2D eigenvalue weighted by Gasteiger charge is -2.17. The highest BCUT2D eigenvalue weighted by Gasteiger charge is 2.20. The lowest BCUT2D eigenvalue weighted by atomic mass is 10.1. The van der Waals surface area contributed by atoms with Crippen molar-refractivity contribution in [3.63, 3.8) is 0 Å². The van der Waals surface area contributed by atoms with Crippen LogP contribution in [0.1, 0.15) is 57.8 Å². The van der Waals surface area contributed by atoms with Crippen molar-refractivity contribution in [1.29, 1.82) is 0 Å². The number of hydrogen-bond donors (Lipinski definition) is 2. The number of nitrogens with zero attached hydrogens (tertiary/aromatic N) is 10. The highest BCUT2D eigenvalue weighted by atomic mass is 32.2. The van der Waals surface area contributed by atoms with Crippen LogP contribution in [0.4, 0.5) is 5.69 Å². The molecule has 76 heavy (non-hydrogen) atoms. The third-order valence-electron chi connectivity index (χ3n) is 12.1. The molecule has 0 amide bonds. The quantitative estimate of drug-likeness (QED) is 0.0980. The number of aromatic amines is 2. The maximum Gasteiger partial charge on any atom is 0.216 e. The lowest BCUT2D eigenvalue weighted by molar-refractivity contribution is 0.348. The van der Waals surface area contributed by atoms with Gasteiger partial charge in [0.25, 0.3) is 0 Å². The number of hydrogen-bond acceptors (Lipinski definition) is 16. The summed E-state index contributed by atoms with van der Waals surface area (Å²) in [6.45, 7) is 11.0. The van der Waals surface area contributed by atoms with E-state index in [9.17, 15) is 12.6 Å². The Kier molecular flexibility index (Phi) is 18.6. The maximum absolute atomic E-state index is 12.9. The highest BCUT2D eigenvalue weighted by Crippen LogP contribution is 2.29. The van der Waals surface area contributed by atoms with E-state index in [1.54, 1.807) is 64.4 Å². The Morgan fingerprint density at radius 2 is 1.34 bits per heavy atom. The van der Waals surface area contributed by atoms with Crippen LogP contribution >= 0.6 is 0 Å². The Hall–Kier alpha value is -7.69. The fourth-order valence-electron chi connectivity index (χ4n) is 8.25. The van der Waals surface area contributed by atoms with E-state index in [0.29, 0.717) is 57.3 Å². The average Bonchev–Trinajstić information content (AvgIpc) is 4.27. The van der Waals surface area contributed by atoms with Gasteiger partial charge in [0.15, 0.2) is 16.0 Å². The summed E-state index contributed by atoms with van der Waals surface area (Å²) < 4.78 is 61.7. The standard InChI is InChI=1S/C19H20N4O3S.C18H20N4OS.C16H18N4O3S.CH4/c1-11-9-21-16(12(2)17(11)25-3)10-27(24)19-22-14-5-4-13(8-15(14)23-19)18-20-6-7-26-18;1-14-8-9-19-12-17(14)22-11-10-20-18(22)24(23)13-15-6-4-5-7-16(15)21(2)3;1-9-7-17-12(10(2)14(9)23-4)8-24(21)16-18-11-5-6-13(22-3)19-15(11)20-16;/h4-5,8-9H,6-7,10H2,1-3H3,(H,22,23);4-12H,13H2,1-3H3;5-7H,8H2,1-4H3,(H,18,19,20);1H4. The molecule has 0 spiro atoms. The molecule has 19 nitrogen and oxygen atoms in total. The number of aromatic nitrogens is 10. The molecule has 1 aliphatic rings. The van der Waals surface area contributed by atoms with Gasteiger partial charge >= 0.3 is 0 Å². The van der Waals surface area contributed by atoms with Gasteiger partial charge in [-0.1, -0.05) is 25.6 Å². The second-order valence-corrected chi connectivity index (χ2v) is 21.5. The van der Waals surface area contributed by atoms with Gasteiger partial charge in [-0.25, -0.2) is 19.9 Å². The van der Waals surface area contributed by atoms with Crippen LogP contribution in [0.3, 0.4) is 0 Å². The number of fused-ring (bicyclic) bond motifs is 2. The first-order chi connectivity index (χ1) is 36.2. The zero-order valence-corrected chi connectivity index (χ0v) is 45.8. The molecule has 22 heteroatoms. The van der Waals surface area contributed by atoms with Gasteiger partial charge in [0.05, 0.1) is 117 Å². The van der Waals surface area contributed by atoms with Crippen molar-refractivity contribution >= 4 is 66.2 Å². The van der Waals surface area contributed by atoms with Crippen molar-refractivity contribution in [1.82, 2.24) is 49.4 Å². The molecule has 0 saturated heterocycles. The van der Waals surface area contributed by atoms with Gasteiger partial charge in [-0.15, -0.1) is 0 Å². The van der Waals surface area contributed by atoms with Gasteiger partial charge in [0.1, 0.15) is 18.1 Å². The van der Waals surface area contributed by atoms with Crippen molar-refractivity contribution in [2.75, 3.05) is 53.5 Å². The van der Waals surface area contributed by atoms with Crippen molar-refractivity contribution in [3.05, 3.63) is 148 Å². The molecule has 3 unspecified atom stereocenters. The molecule has 0 fully saturated rings. The summed E-state index contributed by atoms with van der Waals surface area (Å²) in [5.74, 6) is 3.60. The number of nitrogens with one attached hydrogen (secondary N) is 2. The summed E-state index contributed by atoms with van der Waals surface area (Å²) >= 11 is 0. The van der Waals surface area contributed by atoms with Crippen LogP contribution < -0.4 is 19.1 Å².